The van der Waals surface area contributed by atoms with E-state index in [-0.39, 0.29) is 0 Å². The number of rotatable bonds is 10. The fourth-order valence-electron chi connectivity index (χ4n) is 2.71. The Morgan fingerprint density at radius 1 is 1.09 bits per heavy atom. The fourth-order valence-corrected chi connectivity index (χ4v) is 3.35. The molecule has 1 heterocycles. The van der Waals surface area contributed by atoms with E-state index in [1.54, 1.807) is 11.8 Å². The third kappa shape index (κ3) is 9.02. The lowest BCUT2D eigenvalue weighted by Gasteiger charge is -2.19. The second-order valence-corrected chi connectivity index (χ2v) is 9.23. The summed E-state index contributed by atoms with van der Waals surface area (Å²) in [6.07, 6.45) is 3.35. The highest BCUT2D eigenvalue weighted by atomic mass is 32.2. The number of aromatic nitrogens is 2. The van der Waals surface area contributed by atoms with Gasteiger partial charge < -0.3 is 19.2 Å². The Morgan fingerprint density at radius 2 is 1.85 bits per heavy atom. The zero-order valence-corrected chi connectivity index (χ0v) is 19.9. The monoisotopic (exact) mass is 467 g/mol. The molecule has 8 heteroatoms. The number of amides is 1. The molecule has 0 fully saturated rings. The number of nitrogens with one attached hydrogen (secondary N) is 1. The number of carbonyl (C=O) groups excluding carboxylic acids is 1. The molecule has 3 rings (SSSR count). The minimum atomic E-state index is -0.506. The van der Waals surface area contributed by atoms with Crippen molar-refractivity contribution in [3.8, 4) is 17.2 Å². The van der Waals surface area contributed by atoms with Gasteiger partial charge in [0.25, 0.3) is 0 Å². The molecule has 1 N–H and O–H groups in total. The summed E-state index contributed by atoms with van der Waals surface area (Å²) in [7, 11) is 0. The Hall–Kier alpha value is -3.26. The van der Waals surface area contributed by atoms with Gasteiger partial charge in [0.1, 0.15) is 11.4 Å². The van der Waals surface area contributed by atoms with Crippen molar-refractivity contribution >= 4 is 23.9 Å². The van der Waals surface area contributed by atoms with Crippen molar-refractivity contribution in [2.45, 2.75) is 32.1 Å². The number of alkyl carbamates (subject to hydrolysis) is 1. The molecular formula is C25H29N3O4S. The molecule has 0 spiro atoms. The first kappa shape index (κ1) is 24.4. The van der Waals surface area contributed by atoms with E-state index in [0.717, 1.165) is 22.6 Å². The van der Waals surface area contributed by atoms with E-state index in [1.165, 1.54) is 0 Å². The van der Waals surface area contributed by atoms with Crippen molar-refractivity contribution in [1.82, 2.24) is 15.5 Å². The molecule has 0 radical (unpaired) electrons. The molecule has 0 atom stereocenters. The molecule has 1 aromatic heterocycles. The van der Waals surface area contributed by atoms with Crippen LogP contribution in [0, 0.1) is 0 Å². The Kier molecular flexibility index (Phi) is 8.95. The lowest BCUT2D eigenvalue weighted by molar-refractivity contribution is 0.0534. The lowest BCUT2D eigenvalue weighted by atomic mass is 10.1. The van der Waals surface area contributed by atoms with Gasteiger partial charge in [-0.3, -0.25) is 0 Å². The minimum absolute atomic E-state index is 0.387. The van der Waals surface area contributed by atoms with Gasteiger partial charge in [0.15, 0.2) is 0 Å². The van der Waals surface area contributed by atoms with E-state index in [0.29, 0.717) is 30.7 Å². The molecule has 0 saturated heterocycles. The number of ether oxygens (including phenoxy) is 2. The highest BCUT2D eigenvalue weighted by molar-refractivity contribution is 7.98. The Balaban J connectivity index is 1.39. The molecule has 174 valence electrons. The molecule has 33 heavy (non-hydrogen) atoms. The number of hydrogen-bond acceptors (Lipinski definition) is 7. The van der Waals surface area contributed by atoms with E-state index in [9.17, 15) is 4.79 Å². The summed E-state index contributed by atoms with van der Waals surface area (Å²) in [5.41, 5.74) is 1.35. The molecule has 0 saturated carbocycles. The van der Waals surface area contributed by atoms with Crippen molar-refractivity contribution in [3.63, 3.8) is 0 Å². The normalized spacial score (nSPS) is 11.5. The Labute approximate surface area is 198 Å². The summed E-state index contributed by atoms with van der Waals surface area (Å²) in [6, 6.07) is 17.5. The van der Waals surface area contributed by atoms with Crippen molar-refractivity contribution < 1.29 is 18.7 Å². The fraction of sp³-hybridized carbons (Fsp3) is 0.320. The van der Waals surface area contributed by atoms with Gasteiger partial charge in [-0.15, -0.1) is 22.0 Å². The van der Waals surface area contributed by atoms with Gasteiger partial charge in [-0.2, -0.15) is 0 Å². The van der Waals surface area contributed by atoms with Crippen LogP contribution in [-0.2, 0) is 10.5 Å². The van der Waals surface area contributed by atoms with Crippen LogP contribution < -0.4 is 10.1 Å². The average Bonchev–Trinajstić information content (AvgIpc) is 3.25. The second-order valence-electron chi connectivity index (χ2n) is 8.12. The van der Waals surface area contributed by atoms with Gasteiger partial charge >= 0.3 is 6.09 Å². The van der Waals surface area contributed by atoms with E-state index < -0.39 is 11.7 Å². The maximum Gasteiger partial charge on any atom is 0.407 e. The van der Waals surface area contributed by atoms with E-state index in [1.807, 2.05) is 87.5 Å². The van der Waals surface area contributed by atoms with Crippen molar-refractivity contribution in [3.05, 3.63) is 72.1 Å². The second kappa shape index (κ2) is 12.1. The number of thioether (sulfide) groups is 1. The first-order valence-electron chi connectivity index (χ1n) is 10.7. The molecule has 3 aromatic rings. The van der Waals surface area contributed by atoms with Crippen LogP contribution >= 0.6 is 11.8 Å². The summed E-state index contributed by atoms with van der Waals surface area (Å²) in [5, 5.41) is 11.0. The molecule has 0 aliphatic carbocycles. The molecule has 0 bridgehead atoms. The molecule has 2 aromatic carbocycles. The Morgan fingerprint density at radius 3 is 2.58 bits per heavy atom. The lowest BCUT2D eigenvalue weighted by Crippen LogP contribution is -2.32. The number of nitrogens with zero attached hydrogens (tertiary/aromatic N) is 2. The van der Waals surface area contributed by atoms with Gasteiger partial charge in [-0.05, 0) is 50.6 Å². The largest absolute Gasteiger partial charge is 0.493 e. The molecular weight excluding hydrogens is 438 g/mol. The van der Waals surface area contributed by atoms with Gasteiger partial charge in [0.05, 0.1) is 12.4 Å². The standard InChI is InChI=1S/C25H29N3O4S/c1-25(2,3)32-24(29)26-15-7-8-19-11-13-20(14-12-19)23-28-27-22(31-23)18-33-17-16-30-21-9-5-4-6-10-21/h4-14H,15-18H2,1-3H3,(H,26,29). The van der Waals surface area contributed by atoms with E-state index in [4.69, 9.17) is 13.9 Å². The summed E-state index contributed by atoms with van der Waals surface area (Å²) >= 11 is 1.68. The van der Waals surface area contributed by atoms with Gasteiger partial charge in [0.2, 0.25) is 11.8 Å². The van der Waals surface area contributed by atoms with E-state index in [2.05, 4.69) is 15.5 Å². The minimum Gasteiger partial charge on any atom is -0.493 e. The van der Waals surface area contributed by atoms with Crippen LogP contribution in [0.5, 0.6) is 5.75 Å². The average molecular weight is 468 g/mol. The molecule has 7 nitrogen and oxygen atoms in total. The van der Waals surface area contributed by atoms with Crippen molar-refractivity contribution in [2.24, 2.45) is 0 Å². The van der Waals surface area contributed by atoms with Crippen LogP contribution in [0.3, 0.4) is 0 Å². The highest BCUT2D eigenvalue weighted by Crippen LogP contribution is 2.21. The predicted molar refractivity (Wildman–Crippen MR) is 131 cm³/mol. The van der Waals surface area contributed by atoms with Crippen LogP contribution in [0.2, 0.25) is 0 Å². The number of para-hydroxylation sites is 1. The summed E-state index contributed by atoms with van der Waals surface area (Å²) in [5.74, 6) is 3.42. The third-order valence-electron chi connectivity index (χ3n) is 4.16. The van der Waals surface area contributed by atoms with Crippen LogP contribution in [0.25, 0.3) is 17.5 Å². The number of hydrogen-bond donors (Lipinski definition) is 1. The Bertz CT molecular complexity index is 1030. The zero-order chi connectivity index (χ0) is 23.5. The van der Waals surface area contributed by atoms with Crippen LogP contribution in [0.4, 0.5) is 4.79 Å². The third-order valence-corrected chi connectivity index (χ3v) is 5.07. The van der Waals surface area contributed by atoms with Gasteiger partial charge in [-0.25, -0.2) is 4.79 Å². The quantitative estimate of drug-likeness (QED) is 0.389. The maximum atomic E-state index is 11.6. The predicted octanol–water partition coefficient (Wildman–Crippen LogP) is 5.59. The SMILES string of the molecule is CC(C)(C)OC(=O)NCC=Cc1ccc(-c2nnc(CSCCOc3ccccc3)o2)cc1. The first-order chi connectivity index (χ1) is 15.9. The summed E-state index contributed by atoms with van der Waals surface area (Å²) < 4.78 is 16.6. The van der Waals surface area contributed by atoms with Gasteiger partial charge in [-0.1, -0.05) is 42.5 Å². The first-order valence-corrected chi connectivity index (χ1v) is 11.9. The maximum absolute atomic E-state index is 11.6. The van der Waals surface area contributed by atoms with E-state index >= 15 is 0 Å². The van der Waals surface area contributed by atoms with Crippen LogP contribution in [0.1, 0.15) is 32.2 Å². The number of carbonyl (C=O) groups is 1. The summed E-state index contributed by atoms with van der Waals surface area (Å²) in [6.45, 7) is 6.50. The van der Waals surface area contributed by atoms with Crippen molar-refractivity contribution in [1.29, 1.82) is 0 Å². The molecule has 1 amide bonds. The zero-order valence-electron chi connectivity index (χ0n) is 19.1. The highest BCUT2D eigenvalue weighted by Gasteiger charge is 2.15. The van der Waals surface area contributed by atoms with Crippen molar-refractivity contribution in [2.75, 3.05) is 18.9 Å². The van der Waals surface area contributed by atoms with Crippen LogP contribution in [-0.4, -0.2) is 40.8 Å². The summed E-state index contributed by atoms with van der Waals surface area (Å²) in [4.78, 5) is 11.6. The smallest absolute Gasteiger partial charge is 0.407 e. The topological polar surface area (TPSA) is 86.5 Å². The number of benzene rings is 2. The molecule has 0 aliphatic rings. The molecule has 0 aliphatic heterocycles. The molecule has 0 unspecified atom stereocenters. The van der Waals surface area contributed by atoms with Gasteiger partial charge in [0, 0.05) is 17.9 Å². The van der Waals surface area contributed by atoms with Crippen LogP contribution in [0.15, 0.2) is 65.1 Å².